The van der Waals surface area contributed by atoms with E-state index in [9.17, 15) is 19.6 Å². The number of thioether (sulfide) groups is 1. The zero-order valence-electron chi connectivity index (χ0n) is 22.6. The van der Waals surface area contributed by atoms with Crippen LogP contribution in [0, 0.1) is 16.7 Å². The summed E-state index contributed by atoms with van der Waals surface area (Å²) in [6.07, 6.45) is 0.835. The third-order valence-corrected chi connectivity index (χ3v) is 9.15. The molecule has 214 valence electrons. The number of carbonyl (C=O) groups is 3. The largest absolute Gasteiger partial charge is 0.478 e. The maximum absolute atomic E-state index is 13.6. The van der Waals surface area contributed by atoms with Crippen LogP contribution in [-0.4, -0.2) is 38.7 Å². The summed E-state index contributed by atoms with van der Waals surface area (Å²) in [6.45, 7) is 4.01. The van der Waals surface area contributed by atoms with Crippen LogP contribution in [0.1, 0.15) is 48.5 Å². The number of rotatable bonds is 7. The quantitative estimate of drug-likeness (QED) is 0.285. The minimum atomic E-state index is -1.09. The number of halogens is 1. The summed E-state index contributed by atoms with van der Waals surface area (Å²) in [5, 5.41) is 31.5. The Morgan fingerprint density at radius 1 is 1.24 bits per heavy atom. The summed E-state index contributed by atoms with van der Waals surface area (Å²) in [6, 6.07) is 15.3. The smallest absolute Gasteiger partial charge is 0.335 e. The number of benzene rings is 2. The lowest BCUT2D eigenvalue weighted by Gasteiger charge is -2.42. The van der Waals surface area contributed by atoms with E-state index in [4.69, 9.17) is 22.4 Å². The number of hydrogen-bond donors (Lipinski definition) is 3. The molecule has 4 N–H and O–H groups in total. The number of carboxylic acid groups (broad SMARTS) is 1. The second-order valence-electron chi connectivity index (χ2n) is 10.6. The van der Waals surface area contributed by atoms with Gasteiger partial charge < -0.3 is 16.2 Å². The molecule has 1 aliphatic carbocycles. The standard InChI is InChI=1S/C29H25ClN6O4S2/c1-29(2)11-20-24(21(37)12-29)23(15-5-3-7-17(30)9-15)19(13-31)25(32)36(20)27-34-35-28(42-27)41-14-22(38)33-18-8-4-6-16(10-18)26(39)40/h3-10,23H,11-12,14,32H2,1-2H3,(H,33,38)(H,39,40). The van der Waals surface area contributed by atoms with Gasteiger partial charge in [0.1, 0.15) is 5.82 Å². The Morgan fingerprint density at radius 3 is 2.71 bits per heavy atom. The number of hydrogen-bond acceptors (Lipinski definition) is 10. The van der Waals surface area contributed by atoms with Crippen LogP contribution < -0.4 is 16.0 Å². The fraction of sp³-hybridized carbons (Fsp3) is 0.241. The van der Waals surface area contributed by atoms with Gasteiger partial charge in [0.15, 0.2) is 10.1 Å². The van der Waals surface area contributed by atoms with Gasteiger partial charge >= 0.3 is 5.97 Å². The molecule has 2 aliphatic rings. The molecule has 1 unspecified atom stereocenters. The van der Waals surface area contributed by atoms with Crippen molar-refractivity contribution in [2.75, 3.05) is 16.0 Å². The number of anilines is 2. The minimum absolute atomic E-state index is 0.00297. The second-order valence-corrected chi connectivity index (χ2v) is 13.2. The normalized spacial score (nSPS) is 18.0. The highest BCUT2D eigenvalue weighted by Crippen LogP contribution is 2.50. The van der Waals surface area contributed by atoms with Gasteiger partial charge in [-0.25, -0.2) is 4.79 Å². The number of nitriles is 1. The summed E-state index contributed by atoms with van der Waals surface area (Å²) in [7, 11) is 0. The van der Waals surface area contributed by atoms with Crippen molar-refractivity contribution in [1.82, 2.24) is 10.2 Å². The van der Waals surface area contributed by atoms with E-state index in [1.165, 1.54) is 23.5 Å². The fourth-order valence-corrected chi connectivity index (χ4v) is 7.03. The Balaban J connectivity index is 1.44. The molecule has 1 atom stereocenters. The third-order valence-electron chi connectivity index (χ3n) is 6.87. The number of allylic oxidation sites excluding steroid dienone is 3. The number of nitrogens with two attached hydrogens (primary N) is 1. The number of aromatic nitrogens is 2. The molecular formula is C29H25ClN6O4S2. The molecule has 2 heterocycles. The maximum Gasteiger partial charge on any atom is 0.335 e. The number of amides is 1. The van der Waals surface area contributed by atoms with Gasteiger partial charge in [-0.05, 0) is 47.7 Å². The van der Waals surface area contributed by atoms with E-state index in [-0.39, 0.29) is 39.8 Å². The summed E-state index contributed by atoms with van der Waals surface area (Å²) in [5.41, 5.74) is 8.82. The Kier molecular flexibility index (Phi) is 8.10. The van der Waals surface area contributed by atoms with Crippen LogP contribution >= 0.6 is 34.7 Å². The van der Waals surface area contributed by atoms with Crippen molar-refractivity contribution >= 4 is 63.2 Å². The van der Waals surface area contributed by atoms with Gasteiger partial charge in [-0.2, -0.15) is 5.26 Å². The lowest BCUT2D eigenvalue weighted by molar-refractivity contribution is -0.118. The highest BCUT2D eigenvalue weighted by Gasteiger charge is 2.45. The molecule has 13 heteroatoms. The van der Waals surface area contributed by atoms with Crippen molar-refractivity contribution in [2.45, 2.75) is 36.9 Å². The number of carbonyl (C=O) groups excluding carboxylic acids is 2. The Hall–Kier alpha value is -4.18. The number of ketones is 1. The van der Waals surface area contributed by atoms with Crippen molar-refractivity contribution in [3.63, 3.8) is 0 Å². The van der Waals surface area contributed by atoms with E-state index in [0.29, 0.717) is 49.9 Å². The van der Waals surface area contributed by atoms with Crippen LogP contribution in [0.5, 0.6) is 0 Å². The Morgan fingerprint density at radius 2 is 2.00 bits per heavy atom. The molecule has 5 rings (SSSR count). The van der Waals surface area contributed by atoms with Crippen LogP contribution in [0.15, 0.2) is 75.5 Å². The first kappa shape index (κ1) is 29.3. The third kappa shape index (κ3) is 5.90. The van der Waals surface area contributed by atoms with Gasteiger partial charge in [0, 0.05) is 28.4 Å². The molecular weight excluding hydrogens is 596 g/mol. The van der Waals surface area contributed by atoms with Crippen molar-refractivity contribution in [3.05, 3.63) is 87.3 Å². The highest BCUT2D eigenvalue weighted by molar-refractivity contribution is 8.01. The zero-order chi connectivity index (χ0) is 30.2. The first-order chi connectivity index (χ1) is 20.0. The molecule has 0 radical (unpaired) electrons. The zero-order valence-corrected chi connectivity index (χ0v) is 24.9. The Labute approximate surface area is 254 Å². The van der Waals surface area contributed by atoms with E-state index in [0.717, 1.165) is 11.8 Å². The molecule has 0 fully saturated rings. The van der Waals surface area contributed by atoms with Gasteiger partial charge in [-0.1, -0.05) is 66.7 Å². The molecule has 0 saturated heterocycles. The van der Waals surface area contributed by atoms with E-state index >= 15 is 0 Å². The summed E-state index contributed by atoms with van der Waals surface area (Å²) >= 11 is 8.62. The van der Waals surface area contributed by atoms with Crippen LogP contribution in [0.25, 0.3) is 0 Å². The monoisotopic (exact) mass is 620 g/mol. The van der Waals surface area contributed by atoms with Crippen LogP contribution in [0.4, 0.5) is 10.8 Å². The maximum atomic E-state index is 13.6. The van der Waals surface area contributed by atoms with E-state index < -0.39 is 11.9 Å². The van der Waals surface area contributed by atoms with Gasteiger partial charge in [0.25, 0.3) is 0 Å². The average molecular weight is 621 g/mol. The van der Waals surface area contributed by atoms with Crippen LogP contribution in [-0.2, 0) is 9.59 Å². The molecule has 2 aromatic carbocycles. The lowest BCUT2D eigenvalue weighted by atomic mass is 9.69. The predicted molar refractivity (Wildman–Crippen MR) is 161 cm³/mol. The molecule has 0 spiro atoms. The van der Waals surface area contributed by atoms with Crippen molar-refractivity contribution in [1.29, 1.82) is 5.26 Å². The highest BCUT2D eigenvalue weighted by atomic mass is 35.5. The molecule has 42 heavy (non-hydrogen) atoms. The SMILES string of the molecule is CC1(C)CC(=O)C2=C(C1)N(c1nnc(SCC(=O)Nc3cccc(C(=O)O)c3)s1)C(N)=C(C#N)C2c1cccc(Cl)c1. The van der Waals surface area contributed by atoms with Gasteiger partial charge in [0.05, 0.1) is 28.9 Å². The second kappa shape index (κ2) is 11.6. The topological polar surface area (TPSA) is 162 Å². The Bertz CT molecular complexity index is 1720. The average Bonchev–Trinajstić information content (AvgIpc) is 3.39. The molecule has 1 aliphatic heterocycles. The first-order valence-electron chi connectivity index (χ1n) is 12.8. The molecule has 10 nitrogen and oxygen atoms in total. The summed E-state index contributed by atoms with van der Waals surface area (Å²) in [4.78, 5) is 39.0. The van der Waals surface area contributed by atoms with Crippen molar-refractivity contribution < 1.29 is 19.5 Å². The summed E-state index contributed by atoms with van der Waals surface area (Å²) < 4.78 is 0.478. The van der Waals surface area contributed by atoms with Crippen molar-refractivity contribution in [2.24, 2.45) is 11.1 Å². The number of nitrogens with one attached hydrogen (secondary N) is 1. The van der Waals surface area contributed by atoms with Crippen LogP contribution in [0.3, 0.4) is 0 Å². The number of nitrogens with zero attached hydrogens (tertiary/aromatic N) is 4. The number of carboxylic acids is 1. The molecule has 3 aromatic rings. The molecule has 1 amide bonds. The number of Topliss-reactive ketones (excluding diaryl/α,β-unsaturated/α-hetero) is 1. The molecule has 0 saturated carbocycles. The van der Waals surface area contributed by atoms with E-state index in [1.807, 2.05) is 19.9 Å². The van der Waals surface area contributed by atoms with Crippen LogP contribution in [0.2, 0.25) is 5.02 Å². The minimum Gasteiger partial charge on any atom is -0.478 e. The van der Waals surface area contributed by atoms with Gasteiger partial charge in [-0.3, -0.25) is 14.5 Å². The number of aromatic carboxylic acids is 1. The fourth-order valence-electron chi connectivity index (χ4n) is 5.15. The predicted octanol–water partition coefficient (Wildman–Crippen LogP) is 5.56. The van der Waals surface area contributed by atoms with Gasteiger partial charge in [-0.15, -0.1) is 10.2 Å². The molecule has 0 bridgehead atoms. The first-order valence-corrected chi connectivity index (χ1v) is 15.0. The van der Waals surface area contributed by atoms with Gasteiger partial charge in [0.2, 0.25) is 11.0 Å². The lowest BCUT2D eigenvalue weighted by Crippen LogP contribution is -2.42. The summed E-state index contributed by atoms with van der Waals surface area (Å²) in [5.74, 6) is -2.01. The van der Waals surface area contributed by atoms with Crippen molar-refractivity contribution in [3.8, 4) is 6.07 Å². The molecule has 1 aromatic heterocycles. The van der Waals surface area contributed by atoms with E-state index in [1.54, 1.807) is 35.2 Å². The van der Waals surface area contributed by atoms with E-state index in [2.05, 4.69) is 21.6 Å².